The van der Waals surface area contributed by atoms with Gasteiger partial charge in [0.05, 0.1) is 19.2 Å². The molecule has 0 aliphatic carbocycles. The highest BCUT2D eigenvalue weighted by molar-refractivity contribution is 9.10. The summed E-state index contributed by atoms with van der Waals surface area (Å²) in [5.74, 6) is 0.722. The van der Waals surface area contributed by atoms with Gasteiger partial charge in [-0.05, 0) is 34.1 Å². The average Bonchev–Trinajstić information content (AvgIpc) is 3.10. The fourth-order valence-corrected chi connectivity index (χ4v) is 3.04. The smallest absolute Gasteiger partial charge is 0.255 e. The van der Waals surface area contributed by atoms with Gasteiger partial charge in [0, 0.05) is 29.8 Å². The van der Waals surface area contributed by atoms with Crippen LogP contribution in [0.15, 0.2) is 35.1 Å². The number of hydrogen-bond donors (Lipinski definition) is 0. The van der Waals surface area contributed by atoms with Gasteiger partial charge in [-0.25, -0.2) is 9.97 Å². The fraction of sp³-hybridized carbons (Fsp3) is 0.294. The highest BCUT2D eigenvalue weighted by Gasteiger charge is 2.30. The number of benzene rings is 1. The van der Waals surface area contributed by atoms with Crippen molar-refractivity contribution >= 4 is 21.8 Å². The number of amides is 1. The van der Waals surface area contributed by atoms with Gasteiger partial charge in [0.25, 0.3) is 11.8 Å². The van der Waals surface area contributed by atoms with E-state index in [2.05, 4.69) is 25.9 Å². The summed E-state index contributed by atoms with van der Waals surface area (Å²) in [5.41, 5.74) is 0.681. The van der Waals surface area contributed by atoms with Crippen molar-refractivity contribution in [3.05, 3.63) is 46.3 Å². The zero-order valence-electron chi connectivity index (χ0n) is 13.5. The molecule has 0 spiro atoms. The molecular weight excluding hydrogens is 388 g/mol. The lowest BCUT2D eigenvalue weighted by Crippen LogP contribution is -2.31. The van der Waals surface area contributed by atoms with E-state index in [1.807, 2.05) is 6.07 Å². The molecule has 1 aliphatic heterocycles. The molecule has 2 heterocycles. The topological polar surface area (TPSA) is 88.3 Å². The number of halogens is 1. The van der Waals surface area contributed by atoms with Crippen LogP contribution < -0.4 is 9.47 Å². The summed E-state index contributed by atoms with van der Waals surface area (Å²) < 4.78 is 11.7. The number of nitriles is 1. The summed E-state index contributed by atoms with van der Waals surface area (Å²) in [6.07, 6.45) is 3.35. The maximum Gasteiger partial charge on any atom is 0.255 e. The number of carbonyl (C=O) groups is 1. The van der Waals surface area contributed by atoms with E-state index in [4.69, 9.17) is 14.7 Å². The minimum Gasteiger partial charge on any atom is -0.497 e. The molecule has 25 heavy (non-hydrogen) atoms. The zero-order valence-corrected chi connectivity index (χ0v) is 15.1. The minimum absolute atomic E-state index is 0.100. The number of aromatic nitrogens is 2. The molecule has 0 bridgehead atoms. The maximum atomic E-state index is 12.8. The van der Waals surface area contributed by atoms with Crippen molar-refractivity contribution in [2.45, 2.75) is 12.5 Å². The van der Waals surface area contributed by atoms with Gasteiger partial charge in [-0.2, -0.15) is 5.26 Å². The van der Waals surface area contributed by atoms with Crippen LogP contribution in [-0.2, 0) is 0 Å². The van der Waals surface area contributed by atoms with Gasteiger partial charge >= 0.3 is 0 Å². The molecule has 1 atom stereocenters. The lowest BCUT2D eigenvalue weighted by atomic mass is 10.2. The second-order valence-electron chi connectivity index (χ2n) is 5.45. The van der Waals surface area contributed by atoms with Gasteiger partial charge in [-0.1, -0.05) is 0 Å². The molecule has 1 saturated heterocycles. The van der Waals surface area contributed by atoms with E-state index in [1.54, 1.807) is 30.2 Å². The van der Waals surface area contributed by atoms with Crippen LogP contribution in [0.1, 0.15) is 22.5 Å². The Morgan fingerprint density at radius 2 is 2.20 bits per heavy atom. The summed E-state index contributed by atoms with van der Waals surface area (Å²) in [6, 6.07) is 7.23. The highest BCUT2D eigenvalue weighted by Crippen LogP contribution is 2.26. The number of nitrogens with zero attached hydrogens (tertiary/aromatic N) is 4. The summed E-state index contributed by atoms with van der Waals surface area (Å²) in [4.78, 5) is 22.4. The van der Waals surface area contributed by atoms with Crippen molar-refractivity contribution in [3.8, 4) is 17.7 Å². The molecule has 7 nitrogen and oxygen atoms in total. The van der Waals surface area contributed by atoms with Crippen molar-refractivity contribution < 1.29 is 14.3 Å². The van der Waals surface area contributed by atoms with Crippen LogP contribution in [0.25, 0.3) is 0 Å². The number of hydrogen-bond acceptors (Lipinski definition) is 6. The van der Waals surface area contributed by atoms with Crippen molar-refractivity contribution in [1.29, 1.82) is 5.26 Å². The average molecular weight is 403 g/mol. The van der Waals surface area contributed by atoms with Crippen LogP contribution in [0.3, 0.4) is 0 Å². The summed E-state index contributed by atoms with van der Waals surface area (Å²) in [5, 5.41) is 9.05. The first-order valence-electron chi connectivity index (χ1n) is 7.63. The number of ether oxygens (including phenoxy) is 2. The number of rotatable bonds is 4. The van der Waals surface area contributed by atoms with Crippen LogP contribution >= 0.6 is 15.9 Å². The largest absolute Gasteiger partial charge is 0.497 e. The lowest BCUT2D eigenvalue weighted by molar-refractivity contribution is 0.0769. The van der Waals surface area contributed by atoms with Gasteiger partial charge in [0.1, 0.15) is 17.9 Å². The first-order valence-corrected chi connectivity index (χ1v) is 8.42. The molecule has 1 aliphatic rings. The predicted molar refractivity (Wildman–Crippen MR) is 92.4 cm³/mol. The molecule has 0 N–H and O–H groups in total. The zero-order chi connectivity index (χ0) is 17.8. The molecule has 1 aromatic heterocycles. The molecule has 8 heteroatoms. The van der Waals surface area contributed by atoms with Crippen LogP contribution in [0.4, 0.5) is 0 Å². The standard InChI is InChI=1S/C17H15BrN4O3/c1-24-11-2-3-14(18)13(8-11)17(23)22-7-4-12(10-22)25-16-15(9-19)20-5-6-21-16/h2-3,5-6,8,12H,4,7,10H2,1H3. The van der Waals surface area contributed by atoms with Crippen molar-refractivity contribution in [2.75, 3.05) is 20.2 Å². The third-order valence-electron chi connectivity index (χ3n) is 3.89. The second-order valence-corrected chi connectivity index (χ2v) is 6.30. The normalized spacial score (nSPS) is 16.4. The predicted octanol–water partition coefficient (Wildman–Crippen LogP) is 2.41. The van der Waals surface area contributed by atoms with Gasteiger partial charge in [-0.15, -0.1) is 0 Å². The van der Waals surface area contributed by atoms with Gasteiger partial charge in [-0.3, -0.25) is 4.79 Å². The monoisotopic (exact) mass is 402 g/mol. The molecule has 1 unspecified atom stereocenters. The Balaban J connectivity index is 1.71. The Labute approximate surface area is 153 Å². The molecule has 0 saturated carbocycles. The Bertz CT molecular complexity index is 837. The van der Waals surface area contributed by atoms with Crippen molar-refractivity contribution in [2.24, 2.45) is 0 Å². The Hall–Kier alpha value is -2.66. The number of methoxy groups -OCH3 is 1. The summed E-state index contributed by atoms with van der Waals surface area (Å²) in [7, 11) is 1.56. The van der Waals surface area contributed by atoms with Crippen LogP contribution in [0.5, 0.6) is 11.6 Å². The lowest BCUT2D eigenvalue weighted by Gasteiger charge is -2.18. The third kappa shape index (κ3) is 3.72. The van der Waals surface area contributed by atoms with Gasteiger partial charge in [0.15, 0.2) is 0 Å². The number of carbonyl (C=O) groups excluding carboxylic acids is 1. The fourth-order valence-electron chi connectivity index (χ4n) is 2.62. The van der Waals surface area contributed by atoms with E-state index in [0.29, 0.717) is 35.3 Å². The quantitative estimate of drug-likeness (QED) is 0.779. The molecule has 128 valence electrons. The molecule has 2 aromatic rings. The summed E-state index contributed by atoms with van der Waals surface area (Å²) in [6.45, 7) is 0.985. The summed E-state index contributed by atoms with van der Waals surface area (Å²) >= 11 is 3.41. The Morgan fingerprint density at radius 1 is 1.40 bits per heavy atom. The van der Waals surface area contributed by atoms with E-state index in [0.717, 1.165) is 0 Å². The molecule has 1 fully saturated rings. The van der Waals surface area contributed by atoms with Gasteiger partial charge < -0.3 is 14.4 Å². The maximum absolute atomic E-state index is 12.8. The highest BCUT2D eigenvalue weighted by atomic mass is 79.9. The SMILES string of the molecule is COc1ccc(Br)c(C(=O)N2CCC(Oc3nccnc3C#N)C2)c1. The first kappa shape index (κ1) is 17.2. The van der Waals surface area contributed by atoms with Crippen molar-refractivity contribution in [3.63, 3.8) is 0 Å². The van der Waals surface area contributed by atoms with E-state index in [-0.39, 0.29) is 23.6 Å². The Morgan fingerprint density at radius 3 is 2.96 bits per heavy atom. The first-order chi connectivity index (χ1) is 12.1. The van der Waals surface area contributed by atoms with E-state index in [1.165, 1.54) is 12.4 Å². The van der Waals surface area contributed by atoms with Crippen molar-refractivity contribution in [1.82, 2.24) is 14.9 Å². The van der Waals surface area contributed by atoms with Crippen LogP contribution in [0.2, 0.25) is 0 Å². The molecule has 0 radical (unpaired) electrons. The van der Waals surface area contributed by atoms with Crippen LogP contribution in [-0.4, -0.2) is 47.1 Å². The van der Waals surface area contributed by atoms with Gasteiger partial charge in [0.2, 0.25) is 5.69 Å². The van der Waals surface area contributed by atoms with Crippen LogP contribution in [0, 0.1) is 11.3 Å². The van der Waals surface area contributed by atoms with E-state index in [9.17, 15) is 4.79 Å². The number of likely N-dealkylation sites (tertiary alicyclic amines) is 1. The third-order valence-corrected chi connectivity index (χ3v) is 4.58. The minimum atomic E-state index is -0.225. The molecule has 1 amide bonds. The van der Waals surface area contributed by atoms with E-state index >= 15 is 0 Å². The molecule has 3 rings (SSSR count). The second kappa shape index (κ2) is 7.49. The molecular formula is C17H15BrN4O3. The Kier molecular flexibility index (Phi) is 5.14. The van der Waals surface area contributed by atoms with E-state index < -0.39 is 0 Å². The molecule has 1 aromatic carbocycles.